The first-order valence-electron chi connectivity index (χ1n) is 9.13. The SMILES string of the molecule is Cc1ccc(-n2c(=O)c3cccnc3n2CC(=O)Nc2cccc(Cl)c2)cc1C. The molecule has 0 saturated carbocycles. The lowest BCUT2D eigenvalue weighted by atomic mass is 10.1. The molecule has 4 aromatic rings. The van der Waals surface area contributed by atoms with E-state index in [0.717, 1.165) is 11.1 Å². The second-order valence-corrected chi connectivity index (χ2v) is 7.31. The Morgan fingerprint density at radius 3 is 2.66 bits per heavy atom. The first-order valence-corrected chi connectivity index (χ1v) is 9.51. The van der Waals surface area contributed by atoms with Crippen molar-refractivity contribution < 1.29 is 4.79 Å². The van der Waals surface area contributed by atoms with Crippen molar-refractivity contribution in [3.05, 3.63) is 87.3 Å². The summed E-state index contributed by atoms with van der Waals surface area (Å²) < 4.78 is 3.10. The molecule has 1 N–H and O–H groups in total. The van der Waals surface area contributed by atoms with Crippen LogP contribution in [0.25, 0.3) is 16.7 Å². The normalized spacial score (nSPS) is 11.0. The van der Waals surface area contributed by atoms with Crippen LogP contribution in [0.1, 0.15) is 11.1 Å². The number of halogens is 1. The average Bonchev–Trinajstić information content (AvgIpc) is 2.96. The smallest absolute Gasteiger partial charge is 0.280 e. The van der Waals surface area contributed by atoms with E-state index in [1.54, 1.807) is 47.3 Å². The minimum absolute atomic E-state index is 0.0742. The molecule has 0 aliphatic heterocycles. The van der Waals surface area contributed by atoms with E-state index in [1.165, 1.54) is 4.68 Å². The molecule has 6 nitrogen and oxygen atoms in total. The molecule has 0 spiro atoms. The molecule has 0 aliphatic carbocycles. The van der Waals surface area contributed by atoms with Gasteiger partial charge in [0.25, 0.3) is 5.56 Å². The van der Waals surface area contributed by atoms with Crippen LogP contribution in [0, 0.1) is 13.8 Å². The Hall–Kier alpha value is -3.38. The maximum atomic E-state index is 13.1. The van der Waals surface area contributed by atoms with Crippen molar-refractivity contribution in [1.82, 2.24) is 14.3 Å². The number of fused-ring (bicyclic) bond motifs is 1. The number of aryl methyl sites for hydroxylation is 2. The van der Waals surface area contributed by atoms with Crippen LogP contribution in [-0.4, -0.2) is 20.3 Å². The Balaban J connectivity index is 1.79. The van der Waals surface area contributed by atoms with E-state index in [-0.39, 0.29) is 18.0 Å². The number of amides is 1. The largest absolute Gasteiger partial charge is 0.324 e. The molecular weight excluding hydrogens is 388 g/mol. The molecule has 2 aromatic heterocycles. The number of hydrogen-bond donors (Lipinski definition) is 1. The third-order valence-corrected chi connectivity index (χ3v) is 5.07. The summed E-state index contributed by atoms with van der Waals surface area (Å²) in [6.45, 7) is 3.92. The van der Waals surface area contributed by atoms with Gasteiger partial charge in [0.15, 0.2) is 5.65 Å². The van der Waals surface area contributed by atoms with Crippen LogP contribution in [0.5, 0.6) is 0 Å². The van der Waals surface area contributed by atoms with Gasteiger partial charge in [-0.2, -0.15) is 0 Å². The summed E-state index contributed by atoms with van der Waals surface area (Å²) in [6, 6.07) is 16.1. The predicted molar refractivity (Wildman–Crippen MR) is 115 cm³/mol. The van der Waals surface area contributed by atoms with Crippen molar-refractivity contribution in [1.29, 1.82) is 0 Å². The average molecular weight is 407 g/mol. The summed E-state index contributed by atoms with van der Waals surface area (Å²) in [4.78, 5) is 30.2. The van der Waals surface area contributed by atoms with Gasteiger partial charge in [0.1, 0.15) is 6.54 Å². The summed E-state index contributed by atoms with van der Waals surface area (Å²) in [7, 11) is 0. The van der Waals surface area contributed by atoms with Crippen LogP contribution in [-0.2, 0) is 11.3 Å². The molecule has 0 saturated heterocycles. The molecule has 0 fully saturated rings. The lowest BCUT2D eigenvalue weighted by Crippen LogP contribution is -2.27. The maximum Gasteiger partial charge on any atom is 0.280 e. The van der Waals surface area contributed by atoms with Gasteiger partial charge in [-0.15, -0.1) is 0 Å². The predicted octanol–water partition coefficient (Wildman–Crippen LogP) is 4.10. The first-order chi connectivity index (χ1) is 13.9. The van der Waals surface area contributed by atoms with Crippen molar-refractivity contribution in [2.24, 2.45) is 0 Å². The van der Waals surface area contributed by atoms with E-state index in [9.17, 15) is 9.59 Å². The number of aromatic nitrogens is 3. The van der Waals surface area contributed by atoms with E-state index in [4.69, 9.17) is 11.6 Å². The van der Waals surface area contributed by atoms with Crippen molar-refractivity contribution in [2.45, 2.75) is 20.4 Å². The number of nitrogens with one attached hydrogen (secondary N) is 1. The molecule has 0 aliphatic rings. The quantitative estimate of drug-likeness (QED) is 0.554. The Morgan fingerprint density at radius 2 is 1.90 bits per heavy atom. The van der Waals surface area contributed by atoms with Crippen molar-refractivity contribution in [2.75, 3.05) is 5.32 Å². The van der Waals surface area contributed by atoms with Gasteiger partial charge in [-0.05, 0) is 67.4 Å². The second-order valence-electron chi connectivity index (χ2n) is 6.88. The summed E-state index contributed by atoms with van der Waals surface area (Å²) in [6.07, 6.45) is 1.61. The van der Waals surface area contributed by atoms with Crippen LogP contribution in [0.2, 0.25) is 5.02 Å². The van der Waals surface area contributed by atoms with E-state index in [0.29, 0.717) is 27.4 Å². The van der Waals surface area contributed by atoms with Crippen LogP contribution < -0.4 is 10.9 Å². The molecule has 2 heterocycles. The highest BCUT2D eigenvalue weighted by atomic mass is 35.5. The summed E-state index contributed by atoms with van der Waals surface area (Å²) in [5, 5.41) is 3.81. The summed E-state index contributed by atoms with van der Waals surface area (Å²) >= 11 is 5.99. The Kier molecular flexibility index (Phi) is 4.94. The second kappa shape index (κ2) is 7.56. The fraction of sp³-hybridized carbons (Fsp3) is 0.136. The number of carbonyl (C=O) groups excluding carboxylic acids is 1. The van der Waals surface area contributed by atoms with Crippen molar-refractivity contribution in [3.8, 4) is 5.69 Å². The Bertz CT molecular complexity index is 1290. The minimum atomic E-state index is -0.285. The lowest BCUT2D eigenvalue weighted by molar-refractivity contribution is -0.116. The lowest BCUT2D eigenvalue weighted by Gasteiger charge is -2.14. The summed E-state index contributed by atoms with van der Waals surface area (Å²) in [5.74, 6) is -0.285. The summed E-state index contributed by atoms with van der Waals surface area (Å²) in [5.41, 5.74) is 3.70. The molecule has 146 valence electrons. The molecule has 4 rings (SSSR count). The molecule has 7 heteroatoms. The minimum Gasteiger partial charge on any atom is -0.324 e. The number of carbonyl (C=O) groups is 1. The Morgan fingerprint density at radius 1 is 1.07 bits per heavy atom. The fourth-order valence-corrected chi connectivity index (χ4v) is 3.44. The van der Waals surface area contributed by atoms with Gasteiger partial charge < -0.3 is 5.32 Å². The van der Waals surface area contributed by atoms with E-state index in [1.807, 2.05) is 32.0 Å². The third kappa shape index (κ3) is 3.67. The zero-order valence-electron chi connectivity index (χ0n) is 16.0. The number of nitrogens with zero attached hydrogens (tertiary/aromatic N) is 3. The number of rotatable bonds is 4. The zero-order chi connectivity index (χ0) is 20.5. The van der Waals surface area contributed by atoms with Crippen molar-refractivity contribution >= 4 is 34.2 Å². The van der Waals surface area contributed by atoms with Crippen molar-refractivity contribution in [3.63, 3.8) is 0 Å². The number of anilines is 1. The number of benzene rings is 2. The van der Waals surface area contributed by atoms with Gasteiger partial charge >= 0.3 is 0 Å². The number of pyridine rings is 1. The monoisotopic (exact) mass is 406 g/mol. The van der Waals surface area contributed by atoms with Gasteiger partial charge in [-0.1, -0.05) is 23.7 Å². The number of hydrogen-bond acceptors (Lipinski definition) is 3. The van der Waals surface area contributed by atoms with E-state index in [2.05, 4.69) is 10.3 Å². The van der Waals surface area contributed by atoms with Gasteiger partial charge in [0, 0.05) is 16.9 Å². The highest BCUT2D eigenvalue weighted by molar-refractivity contribution is 6.30. The van der Waals surface area contributed by atoms with Gasteiger partial charge in [0.2, 0.25) is 5.91 Å². The molecule has 0 bridgehead atoms. The zero-order valence-corrected chi connectivity index (χ0v) is 16.8. The highest BCUT2D eigenvalue weighted by Crippen LogP contribution is 2.18. The molecule has 1 amide bonds. The first kappa shape index (κ1) is 19.0. The molecular formula is C22H19ClN4O2. The van der Waals surface area contributed by atoms with Crippen LogP contribution >= 0.6 is 11.6 Å². The third-order valence-electron chi connectivity index (χ3n) is 4.83. The van der Waals surface area contributed by atoms with Crippen LogP contribution in [0.4, 0.5) is 5.69 Å². The molecule has 0 unspecified atom stereocenters. The molecule has 0 atom stereocenters. The maximum absolute atomic E-state index is 13.1. The van der Waals surface area contributed by atoms with Gasteiger partial charge in [-0.3, -0.25) is 14.3 Å². The highest BCUT2D eigenvalue weighted by Gasteiger charge is 2.18. The topological polar surface area (TPSA) is 68.9 Å². The fourth-order valence-electron chi connectivity index (χ4n) is 3.25. The standard InChI is InChI=1S/C22H19ClN4O2/c1-14-8-9-18(11-15(14)2)27-22(29)19-7-4-10-24-21(19)26(27)13-20(28)25-17-6-3-5-16(23)12-17/h3-12H,13H2,1-2H3,(H,25,28). The van der Waals surface area contributed by atoms with Crippen LogP contribution in [0.15, 0.2) is 65.6 Å². The van der Waals surface area contributed by atoms with Gasteiger partial charge in [-0.25, -0.2) is 9.67 Å². The molecule has 29 heavy (non-hydrogen) atoms. The molecule has 0 radical (unpaired) electrons. The Labute approximate surface area is 172 Å². The van der Waals surface area contributed by atoms with E-state index >= 15 is 0 Å². The molecule has 2 aromatic carbocycles. The van der Waals surface area contributed by atoms with Crippen LogP contribution in [0.3, 0.4) is 0 Å². The van der Waals surface area contributed by atoms with E-state index < -0.39 is 0 Å². The van der Waals surface area contributed by atoms with Gasteiger partial charge in [0.05, 0.1) is 11.1 Å².